The molecule has 0 bridgehead atoms. The predicted molar refractivity (Wildman–Crippen MR) is 75.4 cm³/mol. The van der Waals surface area contributed by atoms with Crippen LogP contribution in [-0.2, 0) is 14.3 Å². The molecule has 0 aromatic carbocycles. The summed E-state index contributed by atoms with van der Waals surface area (Å²) in [4.78, 5) is 24.9. The normalized spacial score (nSPS) is 11.9. The maximum Gasteiger partial charge on any atom is 0.410 e. The van der Waals surface area contributed by atoms with Gasteiger partial charge in [-0.15, -0.1) is 0 Å². The van der Waals surface area contributed by atoms with Crippen LogP contribution in [0.2, 0.25) is 0 Å². The van der Waals surface area contributed by atoms with Gasteiger partial charge in [-0.05, 0) is 41.0 Å². The SMILES string of the molecule is CCC(C)(C)OC(=O)CN(CCO)C(=O)OC(C)(C)C. The molecule has 0 aliphatic rings. The maximum absolute atomic E-state index is 11.9. The van der Waals surface area contributed by atoms with Crippen molar-refractivity contribution in [3.05, 3.63) is 0 Å². The summed E-state index contributed by atoms with van der Waals surface area (Å²) in [5, 5.41) is 8.97. The Hall–Kier alpha value is -1.30. The van der Waals surface area contributed by atoms with Crippen molar-refractivity contribution in [3.8, 4) is 0 Å². The Balaban J connectivity index is 4.62. The van der Waals surface area contributed by atoms with Gasteiger partial charge in [0.2, 0.25) is 0 Å². The number of rotatable bonds is 6. The van der Waals surface area contributed by atoms with E-state index in [-0.39, 0.29) is 19.7 Å². The minimum Gasteiger partial charge on any atom is -0.458 e. The average molecular weight is 289 g/mol. The van der Waals surface area contributed by atoms with E-state index in [1.165, 1.54) is 0 Å². The number of hydrogen-bond donors (Lipinski definition) is 1. The lowest BCUT2D eigenvalue weighted by Gasteiger charge is -2.28. The highest BCUT2D eigenvalue weighted by Gasteiger charge is 2.26. The Morgan fingerprint density at radius 2 is 1.65 bits per heavy atom. The van der Waals surface area contributed by atoms with Gasteiger partial charge in [0.15, 0.2) is 0 Å². The second-order valence-electron chi connectivity index (χ2n) is 6.21. The van der Waals surface area contributed by atoms with Crippen molar-refractivity contribution in [3.63, 3.8) is 0 Å². The van der Waals surface area contributed by atoms with Crippen molar-refractivity contribution in [1.29, 1.82) is 0 Å². The lowest BCUT2D eigenvalue weighted by atomic mass is 10.1. The van der Waals surface area contributed by atoms with E-state index in [0.717, 1.165) is 4.90 Å². The Kier molecular flexibility index (Phi) is 6.99. The molecule has 0 aliphatic carbocycles. The molecule has 0 aromatic rings. The van der Waals surface area contributed by atoms with Gasteiger partial charge in [-0.3, -0.25) is 9.69 Å². The number of esters is 1. The summed E-state index contributed by atoms with van der Waals surface area (Å²) >= 11 is 0. The van der Waals surface area contributed by atoms with Crippen molar-refractivity contribution < 1.29 is 24.2 Å². The van der Waals surface area contributed by atoms with Gasteiger partial charge in [0, 0.05) is 6.54 Å². The fourth-order valence-corrected chi connectivity index (χ4v) is 1.25. The molecule has 0 unspecified atom stereocenters. The number of carbonyl (C=O) groups is 2. The molecule has 0 rings (SSSR count). The van der Waals surface area contributed by atoms with Crippen LogP contribution in [0.3, 0.4) is 0 Å². The Morgan fingerprint density at radius 1 is 1.10 bits per heavy atom. The molecule has 6 heteroatoms. The molecule has 0 radical (unpaired) electrons. The Bertz CT molecular complexity index is 333. The van der Waals surface area contributed by atoms with Crippen molar-refractivity contribution in [2.45, 2.75) is 59.2 Å². The second-order valence-corrected chi connectivity index (χ2v) is 6.21. The number of amides is 1. The molecule has 1 N–H and O–H groups in total. The molecule has 0 saturated carbocycles. The zero-order valence-electron chi connectivity index (χ0n) is 13.4. The molecule has 0 fully saturated rings. The predicted octanol–water partition coefficient (Wildman–Crippen LogP) is 1.95. The van der Waals surface area contributed by atoms with Crippen LogP contribution >= 0.6 is 0 Å². The van der Waals surface area contributed by atoms with Gasteiger partial charge in [-0.2, -0.15) is 0 Å². The summed E-state index contributed by atoms with van der Waals surface area (Å²) in [6.07, 6.45) is 0.0309. The van der Waals surface area contributed by atoms with Gasteiger partial charge in [-0.1, -0.05) is 6.92 Å². The summed E-state index contributed by atoms with van der Waals surface area (Å²) in [7, 11) is 0. The number of aliphatic hydroxyl groups is 1. The third kappa shape index (κ3) is 7.99. The number of aliphatic hydroxyl groups excluding tert-OH is 1. The standard InChI is InChI=1S/C14H27NO5/c1-7-14(5,6)19-11(17)10-15(8-9-16)12(18)20-13(2,3)4/h16H,7-10H2,1-6H3. The first-order valence-corrected chi connectivity index (χ1v) is 6.81. The highest BCUT2D eigenvalue weighted by molar-refractivity contribution is 5.78. The molecule has 0 spiro atoms. The molecule has 118 valence electrons. The number of hydrogen-bond acceptors (Lipinski definition) is 5. The molecule has 6 nitrogen and oxygen atoms in total. The summed E-state index contributed by atoms with van der Waals surface area (Å²) in [6.45, 7) is 10.3. The largest absolute Gasteiger partial charge is 0.458 e. The first kappa shape index (κ1) is 18.7. The van der Waals surface area contributed by atoms with Crippen molar-refractivity contribution in [1.82, 2.24) is 4.90 Å². The van der Waals surface area contributed by atoms with Gasteiger partial charge in [0.05, 0.1) is 6.61 Å². The fraction of sp³-hybridized carbons (Fsp3) is 0.857. The topological polar surface area (TPSA) is 76.1 Å². The highest BCUT2D eigenvalue weighted by Crippen LogP contribution is 2.15. The first-order chi connectivity index (χ1) is 9.00. The van der Waals surface area contributed by atoms with Crippen LogP contribution in [0.1, 0.15) is 48.0 Å². The fourth-order valence-electron chi connectivity index (χ4n) is 1.25. The van der Waals surface area contributed by atoms with Crippen LogP contribution < -0.4 is 0 Å². The van der Waals surface area contributed by atoms with Crippen LogP contribution in [0.25, 0.3) is 0 Å². The van der Waals surface area contributed by atoms with Crippen molar-refractivity contribution in [2.24, 2.45) is 0 Å². The molecule has 0 aromatic heterocycles. The summed E-state index contributed by atoms with van der Waals surface area (Å²) in [5.41, 5.74) is -1.23. The Morgan fingerprint density at radius 3 is 2.05 bits per heavy atom. The first-order valence-electron chi connectivity index (χ1n) is 6.81. The minimum absolute atomic E-state index is 0.0244. The molecule has 0 aliphatic heterocycles. The molecule has 0 heterocycles. The van der Waals surface area contributed by atoms with E-state index in [2.05, 4.69) is 0 Å². The van der Waals surface area contributed by atoms with Crippen LogP contribution in [0, 0.1) is 0 Å². The van der Waals surface area contributed by atoms with Crippen LogP contribution in [0.4, 0.5) is 4.79 Å². The van der Waals surface area contributed by atoms with Crippen molar-refractivity contribution in [2.75, 3.05) is 19.7 Å². The minimum atomic E-state index is -0.655. The molecular weight excluding hydrogens is 262 g/mol. The van der Waals surface area contributed by atoms with Crippen LogP contribution in [0.15, 0.2) is 0 Å². The van der Waals surface area contributed by atoms with E-state index >= 15 is 0 Å². The number of ether oxygens (including phenoxy) is 2. The zero-order valence-corrected chi connectivity index (χ0v) is 13.4. The smallest absolute Gasteiger partial charge is 0.410 e. The average Bonchev–Trinajstić information content (AvgIpc) is 2.25. The van der Waals surface area contributed by atoms with E-state index in [0.29, 0.717) is 6.42 Å². The summed E-state index contributed by atoms with van der Waals surface area (Å²) < 4.78 is 10.5. The molecular formula is C14H27NO5. The monoisotopic (exact) mass is 289 g/mol. The lowest BCUT2D eigenvalue weighted by Crippen LogP contribution is -2.43. The molecule has 0 atom stereocenters. The molecule has 0 saturated heterocycles. The van der Waals surface area contributed by atoms with Gasteiger partial charge in [0.1, 0.15) is 17.7 Å². The number of nitrogens with zero attached hydrogens (tertiary/aromatic N) is 1. The zero-order chi connectivity index (χ0) is 16.0. The quantitative estimate of drug-likeness (QED) is 0.756. The number of carbonyl (C=O) groups excluding carboxylic acids is 2. The van der Waals surface area contributed by atoms with Crippen LogP contribution in [-0.4, -0.2) is 53.0 Å². The van der Waals surface area contributed by atoms with E-state index in [1.54, 1.807) is 34.6 Å². The summed E-state index contributed by atoms with van der Waals surface area (Å²) in [6, 6.07) is 0. The van der Waals surface area contributed by atoms with E-state index in [4.69, 9.17) is 14.6 Å². The Labute approximate surface area is 121 Å². The van der Waals surface area contributed by atoms with Gasteiger partial charge < -0.3 is 14.6 Å². The second kappa shape index (κ2) is 7.47. The lowest BCUT2D eigenvalue weighted by molar-refractivity contribution is -0.157. The van der Waals surface area contributed by atoms with E-state index < -0.39 is 23.3 Å². The van der Waals surface area contributed by atoms with Gasteiger partial charge in [-0.25, -0.2) is 4.79 Å². The summed E-state index contributed by atoms with van der Waals surface area (Å²) in [5.74, 6) is -0.517. The third-order valence-corrected chi connectivity index (χ3v) is 2.58. The van der Waals surface area contributed by atoms with Crippen molar-refractivity contribution >= 4 is 12.1 Å². The highest BCUT2D eigenvalue weighted by atomic mass is 16.6. The van der Waals surface area contributed by atoms with E-state index in [9.17, 15) is 9.59 Å². The molecule has 1 amide bonds. The maximum atomic E-state index is 11.9. The third-order valence-electron chi connectivity index (χ3n) is 2.58. The van der Waals surface area contributed by atoms with Crippen LogP contribution in [0.5, 0.6) is 0 Å². The van der Waals surface area contributed by atoms with Gasteiger partial charge in [0.25, 0.3) is 0 Å². The van der Waals surface area contributed by atoms with Gasteiger partial charge >= 0.3 is 12.1 Å². The molecule has 20 heavy (non-hydrogen) atoms. The van der Waals surface area contributed by atoms with E-state index in [1.807, 2.05) is 6.92 Å².